The number of carbonyl (C=O) groups is 2. The number of aliphatic hydroxyl groups excluding tert-OH is 2. The molecule has 0 bridgehead atoms. The van der Waals surface area contributed by atoms with Crippen molar-refractivity contribution in [1.82, 2.24) is 19.5 Å². The number of carboxylic acids is 1. The minimum Gasteiger partial charge on any atom is -0.481 e. The predicted octanol–water partition coefficient (Wildman–Crippen LogP) is -1.56. The van der Waals surface area contributed by atoms with E-state index in [0.717, 1.165) is 0 Å². The Hall–Kier alpha value is -2.83. The number of imidazole rings is 1. The fourth-order valence-corrected chi connectivity index (χ4v) is 2.61. The van der Waals surface area contributed by atoms with Gasteiger partial charge in [-0.05, 0) is 0 Å². The number of aliphatic carboxylic acids is 1. The Kier molecular flexibility index (Phi) is 4.97. The van der Waals surface area contributed by atoms with E-state index in [1.807, 2.05) is 0 Å². The van der Waals surface area contributed by atoms with E-state index in [2.05, 4.69) is 15.0 Å². The lowest BCUT2D eigenvalue weighted by Crippen LogP contribution is -2.34. The molecule has 140 valence electrons. The summed E-state index contributed by atoms with van der Waals surface area (Å²) in [5.74, 6) is -1.71. The normalized spacial score (nSPS) is 25.5. The first-order chi connectivity index (χ1) is 12.4. The van der Waals surface area contributed by atoms with Gasteiger partial charge in [-0.3, -0.25) is 14.2 Å². The highest BCUT2D eigenvalue weighted by Gasteiger charge is 2.44. The minimum absolute atomic E-state index is 0.158. The van der Waals surface area contributed by atoms with Crippen LogP contribution >= 0.6 is 0 Å². The number of fused-ring (bicyclic) bond motifs is 1. The van der Waals surface area contributed by atoms with Crippen molar-refractivity contribution in [3.05, 3.63) is 12.7 Å². The summed E-state index contributed by atoms with van der Waals surface area (Å²) in [7, 11) is 0. The van der Waals surface area contributed by atoms with Gasteiger partial charge >= 0.3 is 11.9 Å². The van der Waals surface area contributed by atoms with Gasteiger partial charge in [0.1, 0.15) is 36.8 Å². The third-order valence-electron chi connectivity index (χ3n) is 3.95. The molecule has 0 amide bonds. The number of hydrogen-bond acceptors (Lipinski definition) is 10. The van der Waals surface area contributed by atoms with Crippen molar-refractivity contribution in [3.8, 4) is 0 Å². The highest BCUT2D eigenvalue weighted by Crippen LogP contribution is 2.32. The van der Waals surface area contributed by atoms with Gasteiger partial charge in [-0.1, -0.05) is 0 Å². The zero-order valence-corrected chi connectivity index (χ0v) is 13.4. The van der Waals surface area contributed by atoms with Crippen molar-refractivity contribution < 1.29 is 34.4 Å². The zero-order valence-electron chi connectivity index (χ0n) is 13.4. The van der Waals surface area contributed by atoms with Gasteiger partial charge in [-0.2, -0.15) is 0 Å². The van der Waals surface area contributed by atoms with Crippen molar-refractivity contribution in [3.63, 3.8) is 0 Å². The lowest BCUT2D eigenvalue weighted by atomic mass is 10.1. The summed E-state index contributed by atoms with van der Waals surface area (Å²) >= 11 is 0. The minimum atomic E-state index is -1.33. The van der Waals surface area contributed by atoms with Crippen LogP contribution in [0.5, 0.6) is 0 Å². The molecular weight excluding hydrogens is 350 g/mol. The molecule has 5 N–H and O–H groups in total. The molecule has 1 saturated heterocycles. The molecule has 0 aliphatic carbocycles. The maximum Gasteiger partial charge on any atom is 0.306 e. The fraction of sp³-hybridized carbons (Fsp3) is 0.500. The number of esters is 1. The molecule has 12 nitrogen and oxygen atoms in total. The topological polar surface area (TPSA) is 183 Å². The molecule has 2 aromatic heterocycles. The van der Waals surface area contributed by atoms with Gasteiger partial charge in [-0.25, -0.2) is 15.0 Å². The Morgan fingerprint density at radius 3 is 2.73 bits per heavy atom. The second kappa shape index (κ2) is 7.19. The first kappa shape index (κ1) is 18.0. The number of aliphatic hydroxyl groups is 2. The van der Waals surface area contributed by atoms with Crippen LogP contribution in [-0.4, -0.2) is 71.7 Å². The number of carboxylic acid groups (broad SMARTS) is 1. The number of ether oxygens (including phenoxy) is 2. The Balaban J connectivity index is 1.68. The Labute approximate surface area is 146 Å². The van der Waals surface area contributed by atoms with E-state index in [1.54, 1.807) is 0 Å². The van der Waals surface area contributed by atoms with Crippen LogP contribution in [0, 0.1) is 0 Å². The van der Waals surface area contributed by atoms with Crippen LogP contribution in [0.1, 0.15) is 19.1 Å². The number of rotatable bonds is 6. The smallest absolute Gasteiger partial charge is 0.306 e. The summed E-state index contributed by atoms with van der Waals surface area (Å²) in [6.45, 7) is -0.336. The molecule has 0 aromatic carbocycles. The number of nitrogens with zero attached hydrogens (tertiary/aromatic N) is 4. The van der Waals surface area contributed by atoms with Crippen LogP contribution in [0.15, 0.2) is 12.7 Å². The van der Waals surface area contributed by atoms with E-state index < -0.39 is 36.5 Å². The van der Waals surface area contributed by atoms with E-state index in [0.29, 0.717) is 11.2 Å². The molecular formula is C14H17N5O7. The lowest BCUT2D eigenvalue weighted by molar-refractivity contribution is -0.152. The molecule has 3 rings (SSSR count). The number of aromatic nitrogens is 4. The fourth-order valence-electron chi connectivity index (χ4n) is 2.61. The zero-order chi connectivity index (χ0) is 18.8. The van der Waals surface area contributed by atoms with Crippen molar-refractivity contribution >= 4 is 28.9 Å². The Morgan fingerprint density at radius 1 is 1.23 bits per heavy atom. The van der Waals surface area contributed by atoms with E-state index >= 15 is 0 Å². The number of anilines is 1. The van der Waals surface area contributed by atoms with Crippen LogP contribution in [-0.2, 0) is 19.1 Å². The standard InChI is InChI=1S/C14H17N5O7/c15-12-9-13(17-4-16-12)19(5-18-9)14-11(24)10(23)6(26-14)3-25-8(22)2-1-7(20)21/h4-6,10-11,14,23-24H,1-3H2,(H,20,21)(H2,15,16,17)/t6-,10-,11-,14?/m1/s1. The van der Waals surface area contributed by atoms with Gasteiger partial charge in [0.25, 0.3) is 0 Å². The van der Waals surface area contributed by atoms with E-state index in [1.165, 1.54) is 17.2 Å². The first-order valence-electron chi connectivity index (χ1n) is 7.70. The van der Waals surface area contributed by atoms with Gasteiger partial charge in [0.15, 0.2) is 17.7 Å². The van der Waals surface area contributed by atoms with Crippen LogP contribution < -0.4 is 5.73 Å². The predicted molar refractivity (Wildman–Crippen MR) is 83.5 cm³/mol. The summed E-state index contributed by atoms with van der Waals surface area (Å²) in [5.41, 5.74) is 6.34. The van der Waals surface area contributed by atoms with E-state index in [-0.39, 0.29) is 25.3 Å². The van der Waals surface area contributed by atoms with Crippen molar-refractivity contribution in [2.75, 3.05) is 12.3 Å². The van der Waals surface area contributed by atoms with Crippen molar-refractivity contribution in [2.45, 2.75) is 37.4 Å². The summed E-state index contributed by atoms with van der Waals surface area (Å²) in [5, 5.41) is 28.9. The molecule has 0 spiro atoms. The second-order valence-corrected chi connectivity index (χ2v) is 5.71. The average Bonchev–Trinajstić information content (AvgIpc) is 3.15. The number of nitrogen functional groups attached to an aromatic ring is 1. The van der Waals surface area contributed by atoms with Crippen LogP contribution in [0.3, 0.4) is 0 Å². The largest absolute Gasteiger partial charge is 0.481 e. The highest BCUT2D eigenvalue weighted by atomic mass is 16.6. The maximum absolute atomic E-state index is 11.5. The third kappa shape index (κ3) is 3.42. The monoisotopic (exact) mass is 367 g/mol. The van der Waals surface area contributed by atoms with E-state index in [9.17, 15) is 19.8 Å². The van der Waals surface area contributed by atoms with Crippen molar-refractivity contribution in [1.29, 1.82) is 0 Å². The first-order valence-corrected chi connectivity index (χ1v) is 7.70. The van der Waals surface area contributed by atoms with Crippen LogP contribution in [0.2, 0.25) is 0 Å². The van der Waals surface area contributed by atoms with Crippen molar-refractivity contribution in [2.24, 2.45) is 0 Å². The second-order valence-electron chi connectivity index (χ2n) is 5.71. The molecule has 1 unspecified atom stereocenters. The molecule has 3 heterocycles. The van der Waals surface area contributed by atoms with Gasteiger partial charge in [-0.15, -0.1) is 0 Å². The lowest BCUT2D eigenvalue weighted by Gasteiger charge is -2.16. The molecule has 1 aliphatic rings. The molecule has 26 heavy (non-hydrogen) atoms. The number of nitrogens with two attached hydrogens (primary N) is 1. The molecule has 4 atom stereocenters. The van der Waals surface area contributed by atoms with Crippen LogP contribution in [0.25, 0.3) is 11.2 Å². The summed E-state index contributed by atoms with van der Waals surface area (Å²) < 4.78 is 11.9. The Morgan fingerprint density at radius 2 is 2.00 bits per heavy atom. The van der Waals surface area contributed by atoms with Gasteiger partial charge < -0.3 is 30.5 Å². The summed E-state index contributed by atoms with van der Waals surface area (Å²) in [4.78, 5) is 33.8. The van der Waals surface area contributed by atoms with Gasteiger partial charge in [0, 0.05) is 0 Å². The number of hydrogen-bond donors (Lipinski definition) is 4. The maximum atomic E-state index is 11.5. The molecule has 0 radical (unpaired) electrons. The molecule has 12 heteroatoms. The highest BCUT2D eigenvalue weighted by molar-refractivity contribution is 5.81. The molecule has 1 aliphatic heterocycles. The summed E-state index contributed by atoms with van der Waals surface area (Å²) in [6, 6.07) is 0. The van der Waals surface area contributed by atoms with Gasteiger partial charge in [0.2, 0.25) is 0 Å². The third-order valence-corrected chi connectivity index (χ3v) is 3.95. The summed E-state index contributed by atoms with van der Waals surface area (Å²) in [6.07, 6.45) is -2.76. The Bertz CT molecular complexity index is 825. The molecule has 2 aromatic rings. The SMILES string of the molecule is Nc1ncnc2c1ncn2C1O[C@H](COC(=O)CCC(=O)O)[C@@H](O)[C@H]1O. The molecule has 1 fully saturated rings. The van der Waals surface area contributed by atoms with E-state index in [4.69, 9.17) is 20.3 Å². The van der Waals surface area contributed by atoms with Crippen LogP contribution in [0.4, 0.5) is 5.82 Å². The average molecular weight is 367 g/mol. The molecule has 0 saturated carbocycles. The van der Waals surface area contributed by atoms with Gasteiger partial charge in [0.05, 0.1) is 19.2 Å². The number of carbonyl (C=O) groups excluding carboxylic acids is 1. The quantitative estimate of drug-likeness (QED) is 0.433.